The topological polar surface area (TPSA) is 76.1 Å². The van der Waals surface area contributed by atoms with Crippen molar-refractivity contribution in [2.45, 2.75) is 24.7 Å². The Morgan fingerprint density at radius 3 is 2.65 bits per heavy atom. The summed E-state index contributed by atoms with van der Waals surface area (Å²) in [5.41, 5.74) is 1.82. The van der Waals surface area contributed by atoms with E-state index in [9.17, 15) is 13.2 Å². The summed E-state index contributed by atoms with van der Waals surface area (Å²) in [5, 5.41) is 3.26. The molecule has 0 radical (unpaired) electrons. The molecule has 0 saturated carbocycles. The van der Waals surface area contributed by atoms with Crippen LogP contribution < -0.4 is 5.32 Å². The average molecular weight is 453 g/mol. The van der Waals surface area contributed by atoms with E-state index in [1.54, 1.807) is 24.3 Å². The summed E-state index contributed by atoms with van der Waals surface area (Å²) in [5.74, 6) is -0.293. The zero-order chi connectivity index (χ0) is 18.7. The fraction of sp³-hybridized carbons (Fsp3) is 0.222. The van der Waals surface area contributed by atoms with Crippen molar-refractivity contribution in [2.75, 3.05) is 11.1 Å². The van der Waals surface area contributed by atoms with E-state index in [0.717, 1.165) is 20.3 Å². The lowest BCUT2D eigenvalue weighted by molar-refractivity contribution is -0.116. The highest BCUT2D eigenvalue weighted by Gasteiger charge is 2.15. The van der Waals surface area contributed by atoms with Crippen LogP contribution in [0.4, 0.5) is 5.13 Å². The number of halogens is 1. The number of carbonyl (C=O) groups excluding carboxylic acids is 1. The van der Waals surface area contributed by atoms with Crippen molar-refractivity contribution in [1.29, 1.82) is 0 Å². The van der Waals surface area contributed by atoms with Crippen molar-refractivity contribution in [1.82, 2.24) is 4.98 Å². The lowest BCUT2D eigenvalue weighted by Crippen LogP contribution is -2.14. The minimum absolute atomic E-state index is 0.0593. The molecule has 0 fully saturated rings. The van der Waals surface area contributed by atoms with Crippen LogP contribution in [0.3, 0.4) is 0 Å². The quantitative estimate of drug-likeness (QED) is 0.594. The van der Waals surface area contributed by atoms with Crippen LogP contribution in [-0.4, -0.2) is 25.1 Å². The van der Waals surface area contributed by atoms with Crippen LogP contribution >= 0.6 is 27.3 Å². The van der Waals surface area contributed by atoms with Crippen LogP contribution in [0.1, 0.15) is 18.4 Å². The molecule has 2 aromatic carbocycles. The third-order valence-electron chi connectivity index (χ3n) is 3.79. The number of fused-ring (bicyclic) bond motifs is 1. The van der Waals surface area contributed by atoms with Crippen molar-refractivity contribution in [3.8, 4) is 0 Å². The molecule has 3 aromatic rings. The van der Waals surface area contributed by atoms with Crippen LogP contribution in [0.5, 0.6) is 0 Å². The lowest BCUT2D eigenvalue weighted by atomic mass is 10.2. The zero-order valence-electron chi connectivity index (χ0n) is 14.0. The number of hydrogen-bond acceptors (Lipinski definition) is 5. The second kappa shape index (κ2) is 7.85. The standard InChI is InChI=1S/C18H17BrN2O3S2/c1-12-4-7-14(8-5-12)26(23,24)10-2-3-17(22)21-18-20-15-9-6-13(19)11-16(15)25-18/h4-9,11H,2-3,10H2,1H3,(H,20,21,22). The van der Waals surface area contributed by atoms with Crippen molar-refractivity contribution in [2.24, 2.45) is 0 Å². The summed E-state index contributed by atoms with van der Waals surface area (Å²) < 4.78 is 26.5. The van der Waals surface area contributed by atoms with Crippen LogP contribution in [0.2, 0.25) is 0 Å². The molecule has 0 spiro atoms. The predicted octanol–water partition coefficient (Wildman–Crippen LogP) is 4.56. The molecule has 8 heteroatoms. The van der Waals surface area contributed by atoms with Gasteiger partial charge in [0.2, 0.25) is 5.91 Å². The van der Waals surface area contributed by atoms with Gasteiger partial charge in [0, 0.05) is 10.9 Å². The molecular formula is C18H17BrN2O3S2. The number of hydrogen-bond donors (Lipinski definition) is 1. The lowest BCUT2D eigenvalue weighted by Gasteiger charge is -2.05. The van der Waals surface area contributed by atoms with Crippen LogP contribution in [0.25, 0.3) is 10.2 Å². The maximum absolute atomic E-state index is 12.3. The predicted molar refractivity (Wildman–Crippen MR) is 108 cm³/mol. The number of thiazole rings is 1. The molecule has 1 N–H and O–H groups in total. The third-order valence-corrected chi connectivity index (χ3v) is 7.04. The molecule has 5 nitrogen and oxygen atoms in total. The van der Waals surface area contributed by atoms with Gasteiger partial charge in [0.05, 0.1) is 20.9 Å². The van der Waals surface area contributed by atoms with Gasteiger partial charge in [-0.15, -0.1) is 0 Å². The Bertz CT molecular complexity index is 1040. The van der Waals surface area contributed by atoms with E-state index < -0.39 is 9.84 Å². The summed E-state index contributed by atoms with van der Waals surface area (Å²) >= 11 is 4.79. The van der Waals surface area contributed by atoms with E-state index in [1.165, 1.54) is 11.3 Å². The van der Waals surface area contributed by atoms with Crippen molar-refractivity contribution in [3.05, 3.63) is 52.5 Å². The highest BCUT2D eigenvalue weighted by atomic mass is 79.9. The second-order valence-corrected chi connectivity index (χ2v) is 9.97. The van der Waals surface area contributed by atoms with Gasteiger partial charge in [-0.2, -0.15) is 0 Å². The number of nitrogens with zero attached hydrogens (tertiary/aromatic N) is 1. The van der Waals surface area contributed by atoms with Gasteiger partial charge in [0.15, 0.2) is 15.0 Å². The first-order valence-electron chi connectivity index (χ1n) is 7.99. The summed E-state index contributed by atoms with van der Waals surface area (Å²) in [6.45, 7) is 1.90. The molecule has 26 heavy (non-hydrogen) atoms. The molecule has 3 rings (SSSR count). The molecule has 0 aliphatic carbocycles. The van der Waals surface area contributed by atoms with E-state index in [1.807, 2.05) is 25.1 Å². The number of amides is 1. The molecule has 136 valence electrons. The van der Waals surface area contributed by atoms with Crippen molar-refractivity contribution < 1.29 is 13.2 Å². The first-order valence-corrected chi connectivity index (χ1v) is 11.2. The molecule has 0 atom stereocenters. The SMILES string of the molecule is Cc1ccc(S(=O)(=O)CCCC(=O)Nc2nc3ccc(Br)cc3s2)cc1. The molecule has 1 heterocycles. The monoisotopic (exact) mass is 452 g/mol. The third kappa shape index (κ3) is 4.69. The van der Waals surface area contributed by atoms with Crippen molar-refractivity contribution in [3.63, 3.8) is 0 Å². The molecular weight excluding hydrogens is 436 g/mol. The smallest absolute Gasteiger partial charge is 0.226 e. The number of carbonyl (C=O) groups is 1. The number of benzene rings is 2. The number of aromatic nitrogens is 1. The summed E-state index contributed by atoms with van der Waals surface area (Å²) in [6, 6.07) is 12.4. The summed E-state index contributed by atoms with van der Waals surface area (Å²) in [7, 11) is -3.37. The highest BCUT2D eigenvalue weighted by molar-refractivity contribution is 9.10. The first-order chi connectivity index (χ1) is 12.3. The molecule has 0 bridgehead atoms. The Hall–Kier alpha value is -1.77. The van der Waals surface area contributed by atoms with Crippen LogP contribution in [-0.2, 0) is 14.6 Å². The van der Waals surface area contributed by atoms with Crippen molar-refractivity contribution >= 4 is 58.4 Å². The Labute approximate surface area is 164 Å². The Kier molecular flexibility index (Phi) is 5.74. The van der Waals surface area contributed by atoms with Gasteiger partial charge in [-0.25, -0.2) is 13.4 Å². The Morgan fingerprint density at radius 1 is 1.19 bits per heavy atom. The van der Waals surface area contributed by atoms with Gasteiger partial charge < -0.3 is 5.32 Å². The van der Waals surface area contributed by atoms with Crippen LogP contribution in [0, 0.1) is 6.92 Å². The number of sulfone groups is 1. The number of aryl methyl sites for hydroxylation is 1. The molecule has 1 aromatic heterocycles. The summed E-state index contributed by atoms with van der Waals surface area (Å²) in [6.07, 6.45) is 0.392. The maximum atomic E-state index is 12.3. The van der Waals surface area contributed by atoms with E-state index in [-0.39, 0.29) is 24.5 Å². The minimum atomic E-state index is -3.37. The molecule has 0 aliphatic heterocycles. The fourth-order valence-corrected chi connectivity index (χ4v) is 5.16. The number of anilines is 1. The number of rotatable bonds is 6. The molecule has 0 saturated heterocycles. The second-order valence-electron chi connectivity index (χ2n) is 5.91. The van der Waals surface area contributed by atoms with Gasteiger partial charge in [0.25, 0.3) is 0 Å². The normalized spacial score (nSPS) is 11.6. The highest BCUT2D eigenvalue weighted by Crippen LogP contribution is 2.28. The Balaban J connectivity index is 1.55. The zero-order valence-corrected chi connectivity index (χ0v) is 17.2. The largest absolute Gasteiger partial charge is 0.302 e. The number of nitrogens with one attached hydrogen (secondary N) is 1. The average Bonchev–Trinajstić information content (AvgIpc) is 2.96. The van der Waals surface area contributed by atoms with E-state index >= 15 is 0 Å². The minimum Gasteiger partial charge on any atom is -0.302 e. The van der Waals surface area contributed by atoms with Gasteiger partial charge in [0.1, 0.15) is 0 Å². The summed E-state index contributed by atoms with van der Waals surface area (Å²) in [4.78, 5) is 16.7. The van der Waals surface area contributed by atoms with E-state index in [0.29, 0.717) is 10.0 Å². The van der Waals surface area contributed by atoms with Gasteiger partial charge >= 0.3 is 0 Å². The van der Waals surface area contributed by atoms with Gasteiger partial charge in [-0.1, -0.05) is 45.0 Å². The maximum Gasteiger partial charge on any atom is 0.226 e. The Morgan fingerprint density at radius 2 is 1.92 bits per heavy atom. The van der Waals surface area contributed by atoms with E-state index in [2.05, 4.69) is 26.2 Å². The first kappa shape index (κ1) is 19.0. The van der Waals surface area contributed by atoms with Gasteiger partial charge in [-0.3, -0.25) is 4.79 Å². The molecule has 1 amide bonds. The fourth-order valence-electron chi connectivity index (χ4n) is 2.42. The van der Waals surface area contributed by atoms with Gasteiger partial charge in [-0.05, 0) is 43.7 Å². The molecule has 0 aliphatic rings. The molecule has 0 unspecified atom stereocenters. The van der Waals surface area contributed by atoms with E-state index in [4.69, 9.17) is 0 Å². The van der Waals surface area contributed by atoms with Crippen LogP contribution in [0.15, 0.2) is 51.8 Å².